The van der Waals surface area contributed by atoms with Crippen molar-refractivity contribution in [3.05, 3.63) is 48.3 Å². The van der Waals surface area contributed by atoms with Crippen LogP contribution < -0.4 is 15.0 Å². The highest BCUT2D eigenvalue weighted by Crippen LogP contribution is 2.28. The van der Waals surface area contributed by atoms with E-state index >= 15 is 0 Å². The number of unbranched alkanes of at least 4 members (excludes halogenated alkanes) is 1. The molecule has 0 aliphatic carbocycles. The Bertz CT molecular complexity index is 1010. The van der Waals surface area contributed by atoms with Crippen molar-refractivity contribution in [2.45, 2.75) is 32.7 Å². The minimum absolute atomic E-state index is 0.0105. The Balaban J connectivity index is 1.69. The number of ether oxygens (including phenoxy) is 2. The number of urea groups is 1. The Hall–Kier alpha value is -3.83. The van der Waals surface area contributed by atoms with Gasteiger partial charge in [0.2, 0.25) is 0 Å². The Morgan fingerprint density at radius 1 is 1.18 bits per heavy atom. The van der Waals surface area contributed by atoms with Gasteiger partial charge in [0.1, 0.15) is 12.3 Å². The van der Waals surface area contributed by atoms with E-state index in [-0.39, 0.29) is 25.4 Å². The van der Waals surface area contributed by atoms with Gasteiger partial charge in [0.05, 0.1) is 30.7 Å². The zero-order valence-electron chi connectivity index (χ0n) is 17.6. The number of halogens is 3. The van der Waals surface area contributed by atoms with E-state index in [2.05, 4.69) is 15.0 Å². The van der Waals surface area contributed by atoms with E-state index in [0.717, 1.165) is 29.9 Å². The van der Waals surface area contributed by atoms with Gasteiger partial charge in [0, 0.05) is 6.20 Å². The number of anilines is 2. The third-order valence-electron chi connectivity index (χ3n) is 4.61. The molecule has 0 spiro atoms. The molecule has 3 rings (SSSR count). The monoisotopic (exact) mass is 466 g/mol. The Kier molecular flexibility index (Phi) is 7.36. The molecule has 1 aromatic heterocycles. The van der Waals surface area contributed by atoms with Crippen LogP contribution in [0, 0.1) is 0 Å². The SMILES string of the molecule is CCCCOC(=O)Nc1cnccc1CN1CC(=O)N(c2ccc(OC(F)(F)F)cc2)C1=O. The van der Waals surface area contributed by atoms with Crippen LogP contribution in [0.25, 0.3) is 0 Å². The molecule has 1 fully saturated rings. The highest BCUT2D eigenvalue weighted by Gasteiger charge is 2.37. The van der Waals surface area contributed by atoms with Crippen LogP contribution in [0.3, 0.4) is 0 Å². The first-order chi connectivity index (χ1) is 15.7. The predicted octanol–water partition coefficient (Wildman–Crippen LogP) is 4.30. The number of hydrogen-bond acceptors (Lipinski definition) is 6. The predicted molar refractivity (Wildman–Crippen MR) is 111 cm³/mol. The number of amides is 4. The van der Waals surface area contributed by atoms with Crippen LogP contribution >= 0.6 is 0 Å². The standard InChI is InChI=1S/C21H21F3N4O5/c1-2-3-10-32-19(30)26-17-11-25-9-8-14(17)12-27-13-18(29)28(20(27)31)15-4-6-16(7-5-15)33-21(22,23)24/h4-9,11H,2-3,10,12-13H2,1H3,(H,26,30). The maximum atomic E-state index is 12.8. The van der Waals surface area contributed by atoms with Gasteiger partial charge in [0.25, 0.3) is 5.91 Å². The number of hydrogen-bond donors (Lipinski definition) is 1. The summed E-state index contributed by atoms with van der Waals surface area (Å²) in [4.78, 5) is 43.3. The van der Waals surface area contributed by atoms with Crippen LogP contribution in [-0.2, 0) is 16.1 Å². The molecule has 0 atom stereocenters. The highest BCUT2D eigenvalue weighted by atomic mass is 19.4. The van der Waals surface area contributed by atoms with Gasteiger partial charge in [-0.1, -0.05) is 13.3 Å². The summed E-state index contributed by atoms with van der Waals surface area (Å²) >= 11 is 0. The number of nitrogens with one attached hydrogen (secondary N) is 1. The van der Waals surface area contributed by atoms with E-state index in [1.807, 2.05) is 6.92 Å². The second-order valence-electron chi connectivity index (χ2n) is 7.06. The van der Waals surface area contributed by atoms with Crippen LogP contribution in [0.5, 0.6) is 5.75 Å². The lowest BCUT2D eigenvalue weighted by atomic mass is 10.2. The minimum Gasteiger partial charge on any atom is -0.449 e. The summed E-state index contributed by atoms with van der Waals surface area (Å²) in [7, 11) is 0. The molecule has 12 heteroatoms. The molecule has 0 radical (unpaired) electrons. The lowest BCUT2D eigenvalue weighted by Gasteiger charge is -2.19. The first-order valence-corrected chi connectivity index (χ1v) is 10.0. The molecule has 2 heterocycles. The molecule has 4 amide bonds. The number of imide groups is 1. The normalized spacial score (nSPS) is 13.9. The minimum atomic E-state index is -4.85. The summed E-state index contributed by atoms with van der Waals surface area (Å²) in [5.41, 5.74) is 0.954. The van der Waals surface area contributed by atoms with Gasteiger partial charge in [-0.25, -0.2) is 14.5 Å². The molecule has 1 aliphatic heterocycles. The van der Waals surface area contributed by atoms with Crippen molar-refractivity contribution in [2.24, 2.45) is 0 Å². The molecular weight excluding hydrogens is 445 g/mol. The summed E-state index contributed by atoms with van der Waals surface area (Å²) in [6.45, 7) is 1.97. The largest absolute Gasteiger partial charge is 0.573 e. The van der Waals surface area contributed by atoms with Crippen molar-refractivity contribution in [2.75, 3.05) is 23.4 Å². The summed E-state index contributed by atoms with van der Waals surface area (Å²) in [6, 6.07) is 5.34. The van der Waals surface area contributed by atoms with Gasteiger partial charge >= 0.3 is 18.5 Å². The number of rotatable bonds is 8. The van der Waals surface area contributed by atoms with Crippen molar-refractivity contribution in [3.8, 4) is 5.75 Å². The van der Waals surface area contributed by atoms with E-state index in [1.165, 1.54) is 29.4 Å². The molecule has 2 aromatic rings. The molecule has 33 heavy (non-hydrogen) atoms. The third-order valence-corrected chi connectivity index (χ3v) is 4.61. The van der Waals surface area contributed by atoms with E-state index in [4.69, 9.17) is 4.74 Å². The number of pyridine rings is 1. The van der Waals surface area contributed by atoms with Gasteiger partial charge in [-0.05, 0) is 42.3 Å². The molecular formula is C21H21F3N4O5. The second-order valence-corrected chi connectivity index (χ2v) is 7.06. The number of benzene rings is 1. The Morgan fingerprint density at radius 3 is 2.58 bits per heavy atom. The van der Waals surface area contributed by atoms with Crippen molar-refractivity contribution >= 4 is 29.4 Å². The topological polar surface area (TPSA) is 101 Å². The first kappa shape index (κ1) is 23.8. The zero-order valence-corrected chi connectivity index (χ0v) is 17.6. The molecule has 9 nitrogen and oxygen atoms in total. The van der Waals surface area contributed by atoms with Crippen LogP contribution in [0.15, 0.2) is 42.7 Å². The molecule has 0 bridgehead atoms. The van der Waals surface area contributed by atoms with E-state index in [0.29, 0.717) is 11.3 Å². The Labute approximate surface area is 187 Å². The van der Waals surface area contributed by atoms with Crippen LogP contribution in [0.2, 0.25) is 0 Å². The summed E-state index contributed by atoms with van der Waals surface area (Å²) in [5.74, 6) is -1.02. The summed E-state index contributed by atoms with van der Waals surface area (Å²) < 4.78 is 45.8. The lowest BCUT2D eigenvalue weighted by molar-refractivity contribution is -0.274. The van der Waals surface area contributed by atoms with Crippen molar-refractivity contribution in [3.63, 3.8) is 0 Å². The number of alkyl halides is 3. The van der Waals surface area contributed by atoms with Crippen molar-refractivity contribution < 1.29 is 37.0 Å². The van der Waals surface area contributed by atoms with Gasteiger partial charge in [-0.15, -0.1) is 13.2 Å². The third kappa shape index (κ3) is 6.34. The molecule has 1 aliphatic rings. The molecule has 176 valence electrons. The van der Waals surface area contributed by atoms with Crippen LogP contribution in [0.1, 0.15) is 25.3 Å². The smallest absolute Gasteiger partial charge is 0.449 e. The fourth-order valence-electron chi connectivity index (χ4n) is 3.06. The van der Waals surface area contributed by atoms with Crippen molar-refractivity contribution in [1.29, 1.82) is 0 Å². The number of carbonyl (C=O) groups excluding carboxylic acids is 3. The van der Waals surface area contributed by atoms with Crippen LogP contribution in [-0.4, -0.2) is 47.4 Å². The average molecular weight is 466 g/mol. The number of carbonyl (C=O) groups is 3. The zero-order chi connectivity index (χ0) is 24.0. The van der Waals surface area contributed by atoms with Crippen LogP contribution in [0.4, 0.5) is 34.1 Å². The molecule has 1 aromatic carbocycles. The van der Waals surface area contributed by atoms with Crippen molar-refractivity contribution in [1.82, 2.24) is 9.88 Å². The van der Waals surface area contributed by atoms with E-state index < -0.39 is 30.1 Å². The molecule has 1 saturated heterocycles. The summed E-state index contributed by atoms with van der Waals surface area (Å²) in [5, 5.41) is 2.57. The molecule has 1 N–H and O–H groups in total. The van der Waals surface area contributed by atoms with Gasteiger partial charge in [-0.2, -0.15) is 0 Å². The maximum Gasteiger partial charge on any atom is 0.573 e. The average Bonchev–Trinajstić information content (AvgIpc) is 3.02. The molecule has 0 saturated carbocycles. The lowest BCUT2D eigenvalue weighted by Crippen LogP contribution is -2.33. The van der Waals surface area contributed by atoms with Gasteiger partial charge in [-0.3, -0.25) is 15.1 Å². The fourth-order valence-corrected chi connectivity index (χ4v) is 3.06. The van der Waals surface area contributed by atoms with Gasteiger partial charge < -0.3 is 14.4 Å². The first-order valence-electron chi connectivity index (χ1n) is 10.0. The maximum absolute atomic E-state index is 12.8. The fraction of sp³-hybridized carbons (Fsp3) is 0.333. The highest BCUT2D eigenvalue weighted by molar-refractivity contribution is 6.19. The van der Waals surface area contributed by atoms with E-state index in [1.54, 1.807) is 6.07 Å². The van der Waals surface area contributed by atoms with Gasteiger partial charge in [0.15, 0.2) is 0 Å². The molecule has 0 unspecified atom stereocenters. The number of aromatic nitrogens is 1. The van der Waals surface area contributed by atoms with E-state index in [9.17, 15) is 27.6 Å². The second kappa shape index (κ2) is 10.2. The quantitative estimate of drug-likeness (QED) is 0.460. The summed E-state index contributed by atoms with van der Waals surface area (Å²) in [6.07, 6.45) is -1.05. The Morgan fingerprint density at radius 2 is 1.91 bits per heavy atom. The number of nitrogens with zero attached hydrogens (tertiary/aromatic N) is 3.